The number of sulfonamides is 1. The Hall–Kier alpha value is -2.13. The second-order valence-electron chi connectivity index (χ2n) is 4.38. The molecule has 1 aliphatic heterocycles. The van der Waals surface area contributed by atoms with E-state index in [4.69, 9.17) is 4.74 Å². The van der Waals surface area contributed by atoms with Crippen LogP contribution in [0, 0.1) is 0 Å². The van der Waals surface area contributed by atoms with E-state index in [0.717, 1.165) is 0 Å². The lowest BCUT2D eigenvalue weighted by Gasteiger charge is -2.09. The Morgan fingerprint density at radius 1 is 1.24 bits per heavy atom. The van der Waals surface area contributed by atoms with Gasteiger partial charge in [0.1, 0.15) is 11.8 Å². The first-order chi connectivity index (χ1) is 9.92. The Balaban J connectivity index is 1.92. The van der Waals surface area contributed by atoms with Gasteiger partial charge in [0.15, 0.2) is 0 Å². The number of rotatable bonds is 6. The number of benzene rings is 1. The molecule has 0 spiro atoms. The van der Waals surface area contributed by atoms with Crippen LogP contribution >= 0.6 is 0 Å². The number of carbonyl (C=O) groups excluding carboxylic acids is 2. The van der Waals surface area contributed by atoms with Gasteiger partial charge in [-0.2, -0.15) is 0 Å². The van der Waals surface area contributed by atoms with Crippen molar-refractivity contribution in [2.24, 2.45) is 0 Å². The van der Waals surface area contributed by atoms with Gasteiger partial charge in [-0.1, -0.05) is 0 Å². The summed E-state index contributed by atoms with van der Waals surface area (Å²) in [7, 11) is -2.17. The number of imide groups is 1. The van der Waals surface area contributed by atoms with Crippen LogP contribution in [0.25, 0.3) is 0 Å². The van der Waals surface area contributed by atoms with Crippen LogP contribution in [0.3, 0.4) is 0 Å². The lowest BCUT2D eigenvalue weighted by atomic mass is 10.2. The molecule has 9 heteroatoms. The molecule has 1 unspecified atom stereocenters. The number of amides is 3. The van der Waals surface area contributed by atoms with Crippen molar-refractivity contribution >= 4 is 22.0 Å². The molecule has 0 aliphatic carbocycles. The normalized spacial score (nSPS) is 18.2. The number of carbonyl (C=O) groups is 2. The average molecular weight is 313 g/mol. The van der Waals surface area contributed by atoms with Gasteiger partial charge < -0.3 is 10.1 Å². The molecule has 21 heavy (non-hydrogen) atoms. The van der Waals surface area contributed by atoms with Crippen molar-refractivity contribution in [1.82, 2.24) is 15.4 Å². The molecule has 1 aromatic rings. The van der Waals surface area contributed by atoms with E-state index >= 15 is 0 Å². The Morgan fingerprint density at radius 2 is 1.90 bits per heavy atom. The topological polar surface area (TPSA) is 114 Å². The summed E-state index contributed by atoms with van der Waals surface area (Å²) in [5.74, 6) is 0.0999. The van der Waals surface area contributed by atoms with E-state index in [1.54, 1.807) is 12.1 Å². The molecule has 1 heterocycles. The molecular formula is C12H15N3O5S. The van der Waals surface area contributed by atoms with Crippen molar-refractivity contribution in [2.45, 2.75) is 17.4 Å². The highest BCUT2D eigenvalue weighted by molar-refractivity contribution is 7.89. The third-order valence-corrected chi connectivity index (χ3v) is 4.43. The molecule has 0 radical (unpaired) electrons. The lowest BCUT2D eigenvalue weighted by Crippen LogP contribution is -2.34. The minimum atomic E-state index is -3.66. The Labute approximate surface area is 121 Å². The third-order valence-electron chi connectivity index (χ3n) is 2.95. The largest absolute Gasteiger partial charge is 0.497 e. The first kappa shape index (κ1) is 15.3. The zero-order chi connectivity index (χ0) is 15.5. The van der Waals surface area contributed by atoms with Crippen LogP contribution < -0.4 is 20.1 Å². The molecule has 114 valence electrons. The van der Waals surface area contributed by atoms with Gasteiger partial charge in [0, 0.05) is 6.54 Å². The van der Waals surface area contributed by atoms with E-state index in [2.05, 4.69) is 15.4 Å². The summed E-state index contributed by atoms with van der Waals surface area (Å²) in [6.45, 7) is 0.0345. The summed E-state index contributed by atoms with van der Waals surface area (Å²) >= 11 is 0. The molecule has 0 aromatic heterocycles. The van der Waals surface area contributed by atoms with E-state index in [0.29, 0.717) is 5.75 Å². The summed E-state index contributed by atoms with van der Waals surface area (Å²) in [6.07, 6.45) is 0.174. The summed E-state index contributed by atoms with van der Waals surface area (Å²) in [6, 6.07) is 4.65. The average Bonchev–Trinajstić information content (AvgIpc) is 2.77. The number of nitrogens with one attached hydrogen (secondary N) is 3. The molecule has 0 saturated carbocycles. The van der Waals surface area contributed by atoms with Crippen LogP contribution in [-0.2, 0) is 14.8 Å². The van der Waals surface area contributed by atoms with Crippen molar-refractivity contribution < 1.29 is 22.7 Å². The first-order valence-electron chi connectivity index (χ1n) is 6.17. The van der Waals surface area contributed by atoms with E-state index in [1.807, 2.05) is 0 Å². The molecule has 3 N–H and O–H groups in total. The van der Waals surface area contributed by atoms with Crippen LogP contribution in [0.4, 0.5) is 4.79 Å². The molecule has 3 amide bonds. The van der Waals surface area contributed by atoms with Gasteiger partial charge in [-0.3, -0.25) is 10.1 Å². The lowest BCUT2D eigenvalue weighted by molar-refractivity contribution is -0.120. The van der Waals surface area contributed by atoms with Gasteiger partial charge in [0.25, 0.3) is 5.91 Å². The van der Waals surface area contributed by atoms with E-state index < -0.39 is 28.0 Å². The maximum atomic E-state index is 12.0. The molecule has 0 bridgehead atoms. The standard InChI is InChI=1S/C12H15N3O5S/c1-20-8-2-4-9(5-3-8)21(18,19)13-7-6-10-11(16)15-12(17)14-10/h2-5,10,13H,6-7H2,1H3,(H2,14,15,16,17). The predicted octanol–water partition coefficient (Wildman–Crippen LogP) is -0.428. The number of hydrogen-bond donors (Lipinski definition) is 3. The Bertz CT molecular complexity index is 641. The van der Waals surface area contributed by atoms with Gasteiger partial charge in [-0.15, -0.1) is 0 Å². The fourth-order valence-electron chi connectivity index (χ4n) is 1.84. The van der Waals surface area contributed by atoms with Crippen molar-refractivity contribution in [2.75, 3.05) is 13.7 Å². The van der Waals surface area contributed by atoms with Crippen molar-refractivity contribution in [1.29, 1.82) is 0 Å². The van der Waals surface area contributed by atoms with Crippen LogP contribution in [-0.4, -0.2) is 40.1 Å². The third kappa shape index (κ3) is 3.70. The molecule has 8 nitrogen and oxygen atoms in total. The van der Waals surface area contributed by atoms with Gasteiger partial charge in [0.05, 0.1) is 12.0 Å². The molecule has 2 rings (SSSR count). The molecular weight excluding hydrogens is 298 g/mol. The number of ether oxygens (including phenoxy) is 1. The number of hydrogen-bond acceptors (Lipinski definition) is 5. The summed E-state index contributed by atoms with van der Waals surface area (Å²) < 4.78 is 31.4. The highest BCUT2D eigenvalue weighted by Crippen LogP contribution is 2.15. The second-order valence-corrected chi connectivity index (χ2v) is 6.14. The molecule has 1 saturated heterocycles. The summed E-state index contributed by atoms with van der Waals surface area (Å²) in [5, 5.41) is 4.47. The molecule has 1 aliphatic rings. The van der Waals surface area contributed by atoms with Gasteiger partial charge in [-0.05, 0) is 30.7 Å². The fourth-order valence-corrected chi connectivity index (χ4v) is 2.89. The quantitative estimate of drug-likeness (QED) is 0.617. The number of methoxy groups -OCH3 is 1. The zero-order valence-electron chi connectivity index (χ0n) is 11.3. The van der Waals surface area contributed by atoms with Crippen LogP contribution in [0.5, 0.6) is 5.75 Å². The Kier molecular flexibility index (Phi) is 4.43. The van der Waals surface area contributed by atoms with E-state index in [1.165, 1.54) is 19.2 Å². The minimum Gasteiger partial charge on any atom is -0.497 e. The van der Waals surface area contributed by atoms with Gasteiger partial charge in [-0.25, -0.2) is 17.9 Å². The maximum Gasteiger partial charge on any atom is 0.322 e. The maximum absolute atomic E-state index is 12.0. The molecule has 1 aromatic carbocycles. The predicted molar refractivity (Wildman–Crippen MR) is 73.3 cm³/mol. The van der Waals surface area contributed by atoms with E-state index in [-0.39, 0.29) is 17.9 Å². The minimum absolute atomic E-state index is 0.0345. The second kappa shape index (κ2) is 6.10. The zero-order valence-corrected chi connectivity index (χ0v) is 12.1. The molecule has 1 fully saturated rings. The van der Waals surface area contributed by atoms with E-state index in [9.17, 15) is 18.0 Å². The molecule has 1 atom stereocenters. The smallest absolute Gasteiger partial charge is 0.322 e. The summed E-state index contributed by atoms with van der Waals surface area (Å²) in [4.78, 5) is 22.3. The van der Waals surface area contributed by atoms with Crippen molar-refractivity contribution in [3.05, 3.63) is 24.3 Å². The van der Waals surface area contributed by atoms with Gasteiger partial charge >= 0.3 is 6.03 Å². The van der Waals surface area contributed by atoms with Crippen LogP contribution in [0.1, 0.15) is 6.42 Å². The Morgan fingerprint density at radius 3 is 2.43 bits per heavy atom. The van der Waals surface area contributed by atoms with Gasteiger partial charge in [0.2, 0.25) is 10.0 Å². The number of urea groups is 1. The van der Waals surface area contributed by atoms with Crippen LogP contribution in [0.15, 0.2) is 29.2 Å². The van der Waals surface area contributed by atoms with Crippen LogP contribution in [0.2, 0.25) is 0 Å². The highest BCUT2D eigenvalue weighted by atomic mass is 32.2. The SMILES string of the molecule is COc1ccc(S(=O)(=O)NCCC2NC(=O)NC2=O)cc1. The monoisotopic (exact) mass is 313 g/mol. The summed E-state index contributed by atoms with van der Waals surface area (Å²) in [5.41, 5.74) is 0. The van der Waals surface area contributed by atoms with Crippen molar-refractivity contribution in [3.8, 4) is 5.75 Å². The highest BCUT2D eigenvalue weighted by Gasteiger charge is 2.29. The first-order valence-corrected chi connectivity index (χ1v) is 7.66. The fraction of sp³-hybridized carbons (Fsp3) is 0.333. The van der Waals surface area contributed by atoms with Crippen molar-refractivity contribution in [3.63, 3.8) is 0 Å².